The first-order valence-electron chi connectivity index (χ1n) is 8.06. The molecule has 0 aliphatic heterocycles. The van der Waals surface area contributed by atoms with E-state index in [-0.39, 0.29) is 11.6 Å². The van der Waals surface area contributed by atoms with Gasteiger partial charge < -0.3 is 10.1 Å². The van der Waals surface area contributed by atoms with E-state index in [1.165, 1.54) is 0 Å². The second kappa shape index (κ2) is 9.59. The fraction of sp³-hybridized carbons (Fsp3) is 0.143. The first-order valence-corrected chi connectivity index (χ1v) is 8.85. The van der Waals surface area contributed by atoms with E-state index in [2.05, 4.69) is 27.8 Å². The lowest BCUT2D eigenvalue weighted by Crippen LogP contribution is -2.27. The van der Waals surface area contributed by atoms with Crippen molar-refractivity contribution in [3.8, 4) is 11.8 Å². The van der Waals surface area contributed by atoms with Crippen LogP contribution in [0.5, 0.6) is 5.75 Å². The zero-order chi connectivity index (χ0) is 18.9. The minimum Gasteiger partial charge on any atom is -0.488 e. The first-order chi connectivity index (χ1) is 12.5. The van der Waals surface area contributed by atoms with Gasteiger partial charge in [-0.25, -0.2) is 0 Å². The Hall–Kier alpha value is -2.84. The Morgan fingerprint density at radius 3 is 2.69 bits per heavy atom. The Labute approximate surface area is 161 Å². The molecule has 0 saturated heterocycles. The van der Waals surface area contributed by atoms with Gasteiger partial charge in [0.05, 0.1) is 10.5 Å². The molecule has 1 atom stereocenters. The Bertz CT molecular complexity index is 854. The van der Waals surface area contributed by atoms with Crippen LogP contribution in [0.4, 0.5) is 0 Å². The van der Waals surface area contributed by atoms with Crippen molar-refractivity contribution in [2.75, 3.05) is 6.61 Å². The lowest BCUT2D eigenvalue weighted by atomic mass is 10.1. The summed E-state index contributed by atoms with van der Waals surface area (Å²) in [5, 5.41) is 12.2. The number of carbonyl (C=O) groups excluding carboxylic acids is 1. The topological polar surface area (TPSA) is 62.1 Å². The van der Waals surface area contributed by atoms with Gasteiger partial charge in [0.25, 0.3) is 5.91 Å². The predicted octanol–water partition coefficient (Wildman–Crippen LogP) is 4.80. The highest BCUT2D eigenvalue weighted by Gasteiger charge is 2.14. The molecular formula is C21H19BrN2O2. The predicted molar refractivity (Wildman–Crippen MR) is 106 cm³/mol. The van der Waals surface area contributed by atoms with E-state index in [1.54, 1.807) is 30.4 Å². The quantitative estimate of drug-likeness (QED) is 0.405. The van der Waals surface area contributed by atoms with E-state index in [0.717, 1.165) is 15.6 Å². The summed E-state index contributed by atoms with van der Waals surface area (Å²) in [6, 6.07) is 16.7. The maximum atomic E-state index is 12.4. The lowest BCUT2D eigenvalue weighted by molar-refractivity contribution is -0.117. The van der Waals surface area contributed by atoms with Crippen LogP contribution in [-0.2, 0) is 4.79 Å². The number of ether oxygens (including phenoxy) is 1. The molecule has 1 amide bonds. The zero-order valence-corrected chi connectivity index (χ0v) is 16.0. The summed E-state index contributed by atoms with van der Waals surface area (Å²) in [6.45, 7) is 5.89. The third-order valence-electron chi connectivity index (χ3n) is 3.64. The Morgan fingerprint density at radius 2 is 2.08 bits per heavy atom. The maximum Gasteiger partial charge on any atom is 0.262 e. The third kappa shape index (κ3) is 5.33. The Morgan fingerprint density at radius 1 is 1.35 bits per heavy atom. The molecular weight excluding hydrogens is 392 g/mol. The number of nitrogens with one attached hydrogen (secondary N) is 1. The minimum absolute atomic E-state index is 0.0411. The smallest absolute Gasteiger partial charge is 0.262 e. The van der Waals surface area contributed by atoms with Crippen LogP contribution in [0, 0.1) is 11.3 Å². The molecule has 0 spiro atoms. The molecule has 1 N–H and O–H groups in total. The summed E-state index contributed by atoms with van der Waals surface area (Å²) in [4.78, 5) is 12.4. The molecule has 0 aliphatic rings. The van der Waals surface area contributed by atoms with Crippen LogP contribution in [0.25, 0.3) is 6.08 Å². The molecule has 5 heteroatoms. The molecule has 0 bridgehead atoms. The van der Waals surface area contributed by atoms with Crippen molar-refractivity contribution < 1.29 is 9.53 Å². The second-order valence-electron chi connectivity index (χ2n) is 5.57. The molecule has 0 heterocycles. The second-order valence-corrected chi connectivity index (χ2v) is 6.42. The van der Waals surface area contributed by atoms with Crippen molar-refractivity contribution in [3.05, 3.63) is 82.4 Å². The summed E-state index contributed by atoms with van der Waals surface area (Å²) in [6.07, 6.45) is 3.21. The molecule has 0 radical (unpaired) electrons. The molecule has 0 fully saturated rings. The van der Waals surface area contributed by atoms with Gasteiger partial charge in [0.1, 0.15) is 24.0 Å². The summed E-state index contributed by atoms with van der Waals surface area (Å²) in [5.41, 5.74) is 1.74. The molecule has 2 aromatic carbocycles. The summed E-state index contributed by atoms with van der Waals surface area (Å²) in [5.74, 6) is 0.259. The Kier molecular flexibility index (Phi) is 7.19. The van der Waals surface area contributed by atoms with Gasteiger partial charge in [0.15, 0.2) is 0 Å². The van der Waals surface area contributed by atoms with Crippen LogP contribution < -0.4 is 10.1 Å². The fourth-order valence-corrected chi connectivity index (χ4v) is 2.80. The van der Waals surface area contributed by atoms with E-state index in [1.807, 2.05) is 43.3 Å². The van der Waals surface area contributed by atoms with E-state index < -0.39 is 5.91 Å². The highest BCUT2D eigenvalue weighted by Crippen LogP contribution is 2.27. The number of amides is 1. The van der Waals surface area contributed by atoms with Crippen LogP contribution in [0.2, 0.25) is 0 Å². The van der Waals surface area contributed by atoms with Crippen LogP contribution in [-0.4, -0.2) is 12.5 Å². The van der Waals surface area contributed by atoms with Crippen LogP contribution in [0.15, 0.2) is 71.2 Å². The molecule has 0 saturated carbocycles. The molecule has 2 rings (SSSR count). The molecule has 132 valence electrons. The SMILES string of the molecule is C=CCOc1ccc(/C=C(\C#N)C(=O)N[C@H](C)c2ccccc2)cc1Br. The molecule has 26 heavy (non-hydrogen) atoms. The highest BCUT2D eigenvalue weighted by atomic mass is 79.9. The van der Waals surface area contributed by atoms with Gasteiger partial charge in [-0.3, -0.25) is 4.79 Å². The van der Waals surface area contributed by atoms with E-state index in [9.17, 15) is 10.1 Å². The van der Waals surface area contributed by atoms with Crippen LogP contribution >= 0.6 is 15.9 Å². The average Bonchev–Trinajstić information content (AvgIpc) is 2.66. The zero-order valence-electron chi connectivity index (χ0n) is 14.4. The summed E-state index contributed by atoms with van der Waals surface area (Å²) in [7, 11) is 0. The van der Waals surface area contributed by atoms with Gasteiger partial charge in [-0.2, -0.15) is 5.26 Å². The normalized spacial score (nSPS) is 12.0. The first kappa shape index (κ1) is 19.5. The van der Waals surface area contributed by atoms with Crippen LogP contribution in [0.3, 0.4) is 0 Å². The van der Waals surface area contributed by atoms with Crippen molar-refractivity contribution in [2.45, 2.75) is 13.0 Å². The summed E-state index contributed by atoms with van der Waals surface area (Å²) < 4.78 is 6.23. The molecule has 2 aromatic rings. The number of hydrogen-bond donors (Lipinski definition) is 1. The molecule has 4 nitrogen and oxygen atoms in total. The van der Waals surface area contributed by atoms with Gasteiger partial charge in [-0.1, -0.05) is 49.1 Å². The van der Waals surface area contributed by atoms with Gasteiger partial charge >= 0.3 is 0 Å². The van der Waals surface area contributed by atoms with E-state index >= 15 is 0 Å². The molecule has 0 unspecified atom stereocenters. The highest BCUT2D eigenvalue weighted by molar-refractivity contribution is 9.10. The van der Waals surface area contributed by atoms with Crippen molar-refractivity contribution in [3.63, 3.8) is 0 Å². The number of nitrogens with zero attached hydrogens (tertiary/aromatic N) is 1. The standard InChI is InChI=1S/C21H19BrN2O2/c1-3-11-26-20-10-9-16(13-19(20)22)12-18(14-23)21(25)24-15(2)17-7-5-4-6-8-17/h3-10,12-13,15H,1,11H2,2H3,(H,24,25)/b18-12+/t15-/m1/s1. The maximum absolute atomic E-state index is 12.4. The lowest BCUT2D eigenvalue weighted by Gasteiger charge is -2.13. The Balaban J connectivity index is 2.14. The molecule has 0 aromatic heterocycles. The number of rotatable bonds is 7. The number of halogens is 1. The van der Waals surface area contributed by atoms with Crippen molar-refractivity contribution in [2.24, 2.45) is 0 Å². The van der Waals surface area contributed by atoms with Gasteiger partial charge in [-0.05, 0) is 52.2 Å². The van der Waals surface area contributed by atoms with E-state index in [4.69, 9.17) is 4.74 Å². The molecule has 0 aliphatic carbocycles. The number of benzene rings is 2. The third-order valence-corrected chi connectivity index (χ3v) is 4.26. The number of carbonyl (C=O) groups is 1. The van der Waals surface area contributed by atoms with E-state index in [0.29, 0.717) is 12.4 Å². The average molecular weight is 411 g/mol. The van der Waals surface area contributed by atoms with Gasteiger partial charge in [0, 0.05) is 0 Å². The van der Waals surface area contributed by atoms with Crippen molar-refractivity contribution >= 4 is 27.9 Å². The summed E-state index contributed by atoms with van der Waals surface area (Å²) >= 11 is 3.43. The fourth-order valence-electron chi connectivity index (χ4n) is 2.29. The number of nitriles is 1. The van der Waals surface area contributed by atoms with Gasteiger partial charge in [0.2, 0.25) is 0 Å². The largest absolute Gasteiger partial charge is 0.488 e. The minimum atomic E-state index is -0.410. The monoisotopic (exact) mass is 410 g/mol. The van der Waals surface area contributed by atoms with Gasteiger partial charge in [-0.15, -0.1) is 0 Å². The van der Waals surface area contributed by atoms with Crippen molar-refractivity contribution in [1.82, 2.24) is 5.32 Å². The van der Waals surface area contributed by atoms with Crippen LogP contribution in [0.1, 0.15) is 24.1 Å². The number of hydrogen-bond acceptors (Lipinski definition) is 3. The van der Waals surface area contributed by atoms with Crippen molar-refractivity contribution in [1.29, 1.82) is 5.26 Å².